The molecule has 0 amide bonds. The molecule has 0 aliphatic heterocycles. The second kappa shape index (κ2) is 14.1. The molecule has 0 bridgehead atoms. The lowest BCUT2D eigenvalue weighted by atomic mass is 9.88. The number of carbonyl (C=O) groups is 1. The molecule has 1 unspecified atom stereocenters. The quantitative estimate of drug-likeness (QED) is 0.0742. The number of fused-ring (bicyclic) bond motifs is 1. The van der Waals surface area contributed by atoms with Gasteiger partial charge in [-0.3, -0.25) is 4.90 Å². The zero-order valence-corrected chi connectivity index (χ0v) is 28.7. The fourth-order valence-electron chi connectivity index (χ4n) is 5.10. The van der Waals surface area contributed by atoms with Crippen molar-refractivity contribution in [2.45, 2.75) is 49.8 Å². The van der Waals surface area contributed by atoms with Crippen molar-refractivity contribution >= 4 is 40.8 Å². The van der Waals surface area contributed by atoms with Gasteiger partial charge >= 0.3 is 5.97 Å². The molecule has 0 saturated heterocycles. The number of methoxy groups -OCH3 is 1. The molecular weight excluding hydrogens is 589 g/mol. The Morgan fingerprint density at radius 3 is 2.16 bits per heavy atom. The van der Waals surface area contributed by atoms with Gasteiger partial charge in [-0.2, -0.15) is 0 Å². The van der Waals surface area contributed by atoms with Crippen molar-refractivity contribution in [1.29, 1.82) is 0 Å². The molecule has 0 aliphatic carbocycles. The van der Waals surface area contributed by atoms with Crippen LogP contribution >= 0.6 is 0 Å². The monoisotopic (exact) mass is 634 g/mol. The van der Waals surface area contributed by atoms with Gasteiger partial charge in [0.05, 0.1) is 28.8 Å². The largest absolute Gasteiger partial charge is 0.465 e. The van der Waals surface area contributed by atoms with Gasteiger partial charge in [0.2, 0.25) is 0 Å². The number of para-hydroxylation sites is 1. The Hall–Kier alpha value is -3.50. The van der Waals surface area contributed by atoms with E-state index >= 15 is 0 Å². The van der Waals surface area contributed by atoms with Gasteiger partial charge in [0.25, 0.3) is 10.0 Å². The van der Waals surface area contributed by atoms with E-state index in [0.29, 0.717) is 36.2 Å². The normalized spacial score (nSPS) is 13.2. The second-order valence-electron chi connectivity index (χ2n) is 12.2. The second-order valence-corrected chi connectivity index (χ2v) is 18.8. The Labute approximate surface area is 264 Å². The van der Waals surface area contributed by atoms with Crippen LogP contribution in [0.25, 0.3) is 16.5 Å². The lowest BCUT2D eigenvalue weighted by molar-refractivity contribution is -0.133. The van der Waals surface area contributed by atoms with Gasteiger partial charge in [0.1, 0.15) is 0 Å². The molecule has 3 rings (SSSR count). The van der Waals surface area contributed by atoms with Crippen molar-refractivity contribution in [1.82, 2.24) is 8.87 Å². The van der Waals surface area contributed by atoms with Gasteiger partial charge in [-0.15, -0.1) is 19.7 Å². The standard InChI is InChI=1S/C35H46N2O5SSi/c1-11-23-36(24-25-42-44(9,10)35(5,6)7)33(27(12-2)13-3)31-29-21-17-18-22-30(29)37(32(31)26(4)34(38)41-8)43(39,40)28-19-15-14-16-20-28/h11-22,27,33H,1-4,23-25H2,5-10H3. The van der Waals surface area contributed by atoms with E-state index in [0.717, 1.165) is 0 Å². The zero-order valence-electron chi connectivity index (χ0n) is 26.9. The topological polar surface area (TPSA) is 77.8 Å². The number of ether oxygens (including phenoxy) is 1. The predicted molar refractivity (Wildman–Crippen MR) is 184 cm³/mol. The maximum Gasteiger partial charge on any atom is 0.339 e. The number of benzene rings is 2. The third-order valence-corrected chi connectivity index (χ3v) is 14.7. The SMILES string of the molecule is C=CCN(CCO[Si](C)(C)C(C)(C)C)C(c1c(C(=C)C(=O)OC)n(S(=O)(=O)c2ccccc2)c2ccccc12)C(C=C)C=C. The molecule has 3 aromatic rings. The van der Waals surface area contributed by atoms with Crippen LogP contribution in [0.2, 0.25) is 18.1 Å². The third-order valence-electron chi connectivity index (χ3n) is 8.48. The number of carbonyl (C=O) groups excluding carboxylic acids is 1. The highest BCUT2D eigenvalue weighted by Gasteiger charge is 2.39. The summed E-state index contributed by atoms with van der Waals surface area (Å²) < 4.78 is 41.6. The Morgan fingerprint density at radius 2 is 1.61 bits per heavy atom. The van der Waals surface area contributed by atoms with Gasteiger partial charge in [-0.1, -0.05) is 82.0 Å². The molecule has 0 radical (unpaired) electrons. The van der Waals surface area contributed by atoms with E-state index in [1.54, 1.807) is 48.6 Å². The summed E-state index contributed by atoms with van der Waals surface area (Å²) in [5, 5.41) is 0.690. The van der Waals surface area contributed by atoms with Crippen LogP contribution < -0.4 is 0 Å². The Balaban J connectivity index is 2.40. The van der Waals surface area contributed by atoms with Crippen LogP contribution in [0.4, 0.5) is 0 Å². The van der Waals surface area contributed by atoms with Crippen molar-refractivity contribution in [2.24, 2.45) is 5.92 Å². The number of aromatic nitrogens is 1. The van der Waals surface area contributed by atoms with Crippen LogP contribution in [-0.4, -0.2) is 58.4 Å². The lowest BCUT2D eigenvalue weighted by Crippen LogP contribution is -2.43. The molecule has 0 spiro atoms. The van der Waals surface area contributed by atoms with E-state index in [1.807, 2.05) is 12.1 Å². The molecule has 9 heteroatoms. The van der Waals surface area contributed by atoms with Crippen LogP contribution in [0, 0.1) is 5.92 Å². The molecule has 1 atom stereocenters. The van der Waals surface area contributed by atoms with E-state index in [4.69, 9.17) is 9.16 Å². The Kier molecular flexibility index (Phi) is 11.2. The molecule has 2 aromatic carbocycles. The minimum absolute atomic E-state index is 0.0328. The van der Waals surface area contributed by atoms with Gasteiger partial charge in [0, 0.05) is 42.6 Å². The number of hydrogen-bond donors (Lipinski definition) is 0. The summed E-state index contributed by atoms with van der Waals surface area (Å²) in [7, 11) is -4.99. The average molecular weight is 635 g/mol. The molecule has 0 fully saturated rings. The van der Waals surface area contributed by atoms with Crippen LogP contribution in [0.15, 0.2) is 104 Å². The lowest BCUT2D eigenvalue weighted by Gasteiger charge is -2.39. The van der Waals surface area contributed by atoms with Crippen molar-refractivity contribution in [3.63, 3.8) is 0 Å². The van der Waals surface area contributed by atoms with Gasteiger partial charge in [-0.25, -0.2) is 17.2 Å². The first-order chi connectivity index (χ1) is 20.7. The minimum Gasteiger partial charge on any atom is -0.465 e. The third kappa shape index (κ3) is 6.91. The van der Waals surface area contributed by atoms with Crippen LogP contribution in [-0.2, 0) is 24.0 Å². The van der Waals surface area contributed by atoms with Crippen molar-refractivity contribution < 1.29 is 22.4 Å². The number of esters is 1. The number of nitrogens with zero attached hydrogens (tertiary/aromatic N) is 2. The fourth-order valence-corrected chi connectivity index (χ4v) is 7.72. The Morgan fingerprint density at radius 1 is 1.02 bits per heavy atom. The summed E-state index contributed by atoms with van der Waals surface area (Å²) >= 11 is 0. The summed E-state index contributed by atoms with van der Waals surface area (Å²) in [6.45, 7) is 28.7. The summed E-state index contributed by atoms with van der Waals surface area (Å²) in [5.74, 6) is -1.08. The van der Waals surface area contributed by atoms with Crippen LogP contribution in [0.3, 0.4) is 0 Å². The first-order valence-electron chi connectivity index (χ1n) is 14.6. The molecular formula is C35H46N2O5SSi. The molecule has 44 heavy (non-hydrogen) atoms. The van der Waals surface area contributed by atoms with E-state index in [-0.39, 0.29) is 27.1 Å². The van der Waals surface area contributed by atoms with E-state index in [2.05, 4.69) is 65.1 Å². The highest BCUT2D eigenvalue weighted by molar-refractivity contribution is 7.90. The van der Waals surface area contributed by atoms with Gasteiger partial charge in [-0.05, 0) is 36.3 Å². The first-order valence-corrected chi connectivity index (χ1v) is 19.0. The molecule has 1 heterocycles. The Bertz CT molecular complexity index is 1630. The highest BCUT2D eigenvalue weighted by Crippen LogP contribution is 2.43. The molecule has 0 saturated carbocycles. The zero-order chi connectivity index (χ0) is 32.9. The maximum atomic E-state index is 14.4. The first kappa shape index (κ1) is 35.0. The van der Waals surface area contributed by atoms with Crippen LogP contribution in [0.5, 0.6) is 0 Å². The van der Waals surface area contributed by atoms with Crippen molar-refractivity contribution in [3.05, 3.63) is 110 Å². The molecule has 7 nitrogen and oxygen atoms in total. The van der Waals surface area contributed by atoms with E-state index in [9.17, 15) is 13.2 Å². The molecule has 0 N–H and O–H groups in total. The maximum absolute atomic E-state index is 14.4. The molecule has 0 aliphatic rings. The number of rotatable bonds is 15. The smallest absolute Gasteiger partial charge is 0.339 e. The summed E-state index contributed by atoms with van der Waals surface area (Å²) in [6, 6.07) is 14.9. The van der Waals surface area contributed by atoms with Crippen molar-refractivity contribution in [2.75, 3.05) is 26.8 Å². The summed E-state index contributed by atoms with van der Waals surface area (Å²) in [4.78, 5) is 15.4. The van der Waals surface area contributed by atoms with E-state index < -0.39 is 30.4 Å². The number of hydrogen-bond acceptors (Lipinski definition) is 6. The average Bonchev–Trinajstić information content (AvgIpc) is 3.34. The predicted octanol–water partition coefficient (Wildman–Crippen LogP) is 7.60. The van der Waals surface area contributed by atoms with E-state index in [1.165, 1.54) is 23.2 Å². The van der Waals surface area contributed by atoms with Gasteiger partial charge in [0.15, 0.2) is 8.32 Å². The molecule has 236 valence electrons. The highest BCUT2D eigenvalue weighted by atomic mass is 32.2. The van der Waals surface area contributed by atoms with Crippen molar-refractivity contribution in [3.8, 4) is 0 Å². The minimum atomic E-state index is -4.19. The summed E-state index contributed by atoms with van der Waals surface area (Å²) in [6.07, 6.45) is 5.37. The van der Waals surface area contributed by atoms with Crippen LogP contribution in [0.1, 0.15) is 38.1 Å². The molecule has 1 aromatic heterocycles. The summed E-state index contributed by atoms with van der Waals surface area (Å²) in [5.41, 5.74) is 1.10. The van der Waals surface area contributed by atoms with Gasteiger partial charge < -0.3 is 9.16 Å². The fraction of sp³-hybridized carbons (Fsp3) is 0.343.